The lowest BCUT2D eigenvalue weighted by Gasteiger charge is -2.39. The number of hydrogen-bond acceptors (Lipinski definition) is 4. The van der Waals surface area contributed by atoms with Crippen LogP contribution < -0.4 is 5.32 Å². The van der Waals surface area contributed by atoms with E-state index in [1.165, 1.54) is 0 Å². The van der Waals surface area contributed by atoms with Gasteiger partial charge >= 0.3 is 0 Å². The normalized spacial score (nSPS) is 15.2. The van der Waals surface area contributed by atoms with Gasteiger partial charge in [0.25, 0.3) is 5.91 Å². The molecule has 0 spiro atoms. The molecular weight excluding hydrogens is 314 g/mol. The molecule has 0 aliphatic heterocycles. The predicted molar refractivity (Wildman–Crippen MR) is 103 cm³/mol. The van der Waals surface area contributed by atoms with Gasteiger partial charge < -0.3 is 14.7 Å². The molecule has 0 radical (unpaired) electrons. The fourth-order valence-electron chi connectivity index (χ4n) is 3.32. The van der Waals surface area contributed by atoms with E-state index in [4.69, 9.17) is 4.52 Å². The van der Waals surface area contributed by atoms with E-state index in [9.17, 15) is 4.79 Å². The van der Waals surface area contributed by atoms with Crippen molar-refractivity contribution in [3.8, 4) is 0 Å². The van der Waals surface area contributed by atoms with Gasteiger partial charge in [0, 0.05) is 24.6 Å². The third kappa shape index (κ3) is 5.56. The zero-order chi connectivity index (χ0) is 19.0. The molecule has 1 rings (SSSR count). The van der Waals surface area contributed by atoms with Crippen molar-refractivity contribution in [2.45, 2.75) is 80.2 Å². The summed E-state index contributed by atoms with van der Waals surface area (Å²) in [6.07, 6.45) is 4.06. The fourth-order valence-corrected chi connectivity index (χ4v) is 3.32. The molecule has 0 bridgehead atoms. The number of nitrogens with one attached hydrogen (secondary N) is 1. The predicted octanol–water partition coefficient (Wildman–Crippen LogP) is 4.20. The summed E-state index contributed by atoms with van der Waals surface area (Å²) in [6, 6.07) is 0.0578. The Labute approximate surface area is 153 Å². The van der Waals surface area contributed by atoms with E-state index in [1.54, 1.807) is 0 Å². The maximum Gasteiger partial charge on any atom is 0.273 e. The first-order valence-electron chi connectivity index (χ1n) is 9.81. The molecule has 5 nitrogen and oxygen atoms in total. The Kier molecular flexibility index (Phi) is 8.63. The highest BCUT2D eigenvalue weighted by Crippen LogP contribution is 2.28. The van der Waals surface area contributed by atoms with Gasteiger partial charge in [-0.2, -0.15) is 0 Å². The molecule has 0 aliphatic carbocycles. The minimum Gasteiger partial charge on any atom is -0.360 e. The van der Waals surface area contributed by atoms with Crippen LogP contribution in [0.15, 0.2) is 4.52 Å². The van der Waals surface area contributed by atoms with Crippen LogP contribution >= 0.6 is 0 Å². The number of amides is 1. The van der Waals surface area contributed by atoms with E-state index >= 15 is 0 Å². The largest absolute Gasteiger partial charge is 0.360 e. The Balaban J connectivity index is 2.83. The number of nitrogens with zero attached hydrogens (tertiary/aromatic N) is 2. The minimum absolute atomic E-state index is 0.0191. The van der Waals surface area contributed by atoms with Crippen molar-refractivity contribution < 1.29 is 9.32 Å². The molecule has 2 atom stereocenters. The monoisotopic (exact) mass is 351 g/mol. The summed E-state index contributed by atoms with van der Waals surface area (Å²) in [5.41, 5.74) is 1.29. The maximum absolute atomic E-state index is 12.7. The zero-order valence-electron chi connectivity index (χ0n) is 17.2. The lowest BCUT2D eigenvalue weighted by atomic mass is 9.79. The summed E-state index contributed by atoms with van der Waals surface area (Å²) in [5, 5.41) is 7.14. The topological polar surface area (TPSA) is 58.4 Å². The summed E-state index contributed by atoms with van der Waals surface area (Å²) in [6.45, 7) is 18.1. The molecule has 0 saturated carbocycles. The molecule has 2 unspecified atom stereocenters. The molecule has 1 heterocycles. The SMILES string of the molecule is CCCN(CCC)CC(C)(CC)C(C)NC(=O)c1noc(CC)c1C. The van der Waals surface area contributed by atoms with Crippen molar-refractivity contribution in [2.24, 2.45) is 5.41 Å². The molecule has 0 saturated heterocycles. The number of carbonyl (C=O) groups excluding carboxylic acids is 1. The first-order chi connectivity index (χ1) is 11.8. The van der Waals surface area contributed by atoms with Crippen LogP contribution in [0.2, 0.25) is 0 Å². The smallest absolute Gasteiger partial charge is 0.273 e. The van der Waals surface area contributed by atoms with Gasteiger partial charge in [0.2, 0.25) is 0 Å². The van der Waals surface area contributed by atoms with Gasteiger partial charge in [0.05, 0.1) is 0 Å². The van der Waals surface area contributed by atoms with Crippen LogP contribution in [0.5, 0.6) is 0 Å². The van der Waals surface area contributed by atoms with Crippen LogP contribution in [0.25, 0.3) is 0 Å². The van der Waals surface area contributed by atoms with Crippen molar-refractivity contribution >= 4 is 5.91 Å². The van der Waals surface area contributed by atoms with E-state index in [1.807, 2.05) is 13.8 Å². The summed E-state index contributed by atoms with van der Waals surface area (Å²) in [4.78, 5) is 15.2. The third-order valence-electron chi connectivity index (χ3n) is 5.42. The van der Waals surface area contributed by atoms with Gasteiger partial charge in [0.15, 0.2) is 5.69 Å². The summed E-state index contributed by atoms with van der Waals surface area (Å²) < 4.78 is 5.27. The van der Waals surface area contributed by atoms with Crippen LogP contribution in [0, 0.1) is 12.3 Å². The Hall–Kier alpha value is -1.36. The lowest BCUT2D eigenvalue weighted by Crippen LogP contribution is -2.50. The van der Waals surface area contributed by atoms with Crippen LogP contribution in [0.1, 0.15) is 82.6 Å². The van der Waals surface area contributed by atoms with Crippen molar-refractivity contribution in [3.05, 3.63) is 17.0 Å². The molecule has 0 aliphatic rings. The quantitative estimate of drug-likeness (QED) is 0.649. The first kappa shape index (κ1) is 21.7. The van der Waals surface area contributed by atoms with Gasteiger partial charge in [-0.3, -0.25) is 4.79 Å². The highest BCUT2D eigenvalue weighted by molar-refractivity contribution is 5.93. The van der Waals surface area contributed by atoms with Crippen LogP contribution in [0.3, 0.4) is 0 Å². The standard InChI is InChI=1S/C20H37N3O2/c1-8-12-23(13-9-2)14-20(7,11-4)16(6)21-19(24)18-15(5)17(10-3)25-22-18/h16H,8-14H2,1-7H3,(H,21,24). The van der Waals surface area contributed by atoms with Crippen LogP contribution in [-0.2, 0) is 6.42 Å². The van der Waals surface area contributed by atoms with Crippen molar-refractivity contribution in [1.29, 1.82) is 0 Å². The van der Waals surface area contributed by atoms with Crippen molar-refractivity contribution in [2.75, 3.05) is 19.6 Å². The molecule has 0 fully saturated rings. The highest BCUT2D eigenvalue weighted by atomic mass is 16.5. The molecule has 0 aromatic carbocycles. The molecule has 1 N–H and O–H groups in total. The second kappa shape index (κ2) is 9.95. The van der Waals surface area contributed by atoms with Gasteiger partial charge in [-0.15, -0.1) is 0 Å². The second-order valence-electron chi connectivity index (χ2n) is 7.41. The van der Waals surface area contributed by atoms with Crippen molar-refractivity contribution in [1.82, 2.24) is 15.4 Å². The number of hydrogen-bond donors (Lipinski definition) is 1. The van der Waals surface area contributed by atoms with E-state index in [-0.39, 0.29) is 17.4 Å². The Morgan fingerprint density at radius 1 is 1.24 bits per heavy atom. The minimum atomic E-state index is -0.134. The third-order valence-corrected chi connectivity index (χ3v) is 5.42. The van der Waals surface area contributed by atoms with Crippen LogP contribution in [0.4, 0.5) is 0 Å². The molecule has 1 aromatic heterocycles. The Bertz CT molecular complexity index is 535. The molecule has 25 heavy (non-hydrogen) atoms. The summed E-state index contributed by atoms with van der Waals surface area (Å²) >= 11 is 0. The van der Waals surface area contributed by atoms with E-state index < -0.39 is 0 Å². The van der Waals surface area contributed by atoms with Gasteiger partial charge in [-0.05, 0) is 51.6 Å². The molecular formula is C20H37N3O2. The number of carbonyl (C=O) groups is 1. The Morgan fingerprint density at radius 2 is 1.84 bits per heavy atom. The fraction of sp³-hybridized carbons (Fsp3) is 0.800. The molecule has 1 amide bonds. The number of aromatic nitrogens is 1. The summed E-state index contributed by atoms with van der Waals surface area (Å²) in [7, 11) is 0. The average Bonchev–Trinajstić information content (AvgIpc) is 2.95. The van der Waals surface area contributed by atoms with Gasteiger partial charge in [0.1, 0.15) is 5.76 Å². The summed E-state index contributed by atoms with van der Waals surface area (Å²) in [5.74, 6) is 0.652. The van der Waals surface area contributed by atoms with Crippen LogP contribution in [-0.4, -0.2) is 41.6 Å². The number of rotatable bonds is 11. The maximum atomic E-state index is 12.7. The molecule has 1 aromatic rings. The van der Waals surface area contributed by atoms with Gasteiger partial charge in [-0.25, -0.2) is 0 Å². The highest BCUT2D eigenvalue weighted by Gasteiger charge is 2.33. The molecule has 5 heteroatoms. The zero-order valence-corrected chi connectivity index (χ0v) is 17.2. The molecule has 144 valence electrons. The van der Waals surface area contributed by atoms with E-state index in [0.717, 1.165) is 56.6 Å². The Morgan fingerprint density at radius 3 is 2.28 bits per heavy atom. The number of aryl methyl sites for hydroxylation is 1. The van der Waals surface area contributed by atoms with Gasteiger partial charge in [-0.1, -0.05) is 39.8 Å². The van der Waals surface area contributed by atoms with E-state index in [0.29, 0.717) is 5.69 Å². The lowest BCUT2D eigenvalue weighted by molar-refractivity contribution is 0.0820. The van der Waals surface area contributed by atoms with Crippen molar-refractivity contribution in [3.63, 3.8) is 0 Å². The average molecular weight is 352 g/mol. The second-order valence-corrected chi connectivity index (χ2v) is 7.41. The van der Waals surface area contributed by atoms with E-state index in [2.05, 4.69) is 50.0 Å². The first-order valence-corrected chi connectivity index (χ1v) is 9.81.